The quantitative estimate of drug-likeness (QED) is 0.493. The molecule has 0 heterocycles. The molecule has 0 saturated heterocycles. The molecule has 0 aliphatic heterocycles. The summed E-state index contributed by atoms with van der Waals surface area (Å²) < 4.78 is 0. The van der Waals surface area contributed by atoms with Gasteiger partial charge in [-0.15, -0.1) is 0 Å². The zero-order valence-corrected chi connectivity index (χ0v) is 10.6. The highest BCUT2D eigenvalue weighted by Gasteiger charge is 2.09. The summed E-state index contributed by atoms with van der Waals surface area (Å²) >= 11 is 0. The third-order valence-electron chi connectivity index (χ3n) is 2.15. The Balaban J connectivity index is 3.52. The molecule has 4 nitrogen and oxygen atoms in total. The van der Waals surface area contributed by atoms with Gasteiger partial charge >= 0.3 is 0 Å². The molecule has 0 aromatic carbocycles. The molecule has 0 saturated carbocycles. The summed E-state index contributed by atoms with van der Waals surface area (Å²) in [6.45, 7) is 13.1. The van der Waals surface area contributed by atoms with E-state index in [0.29, 0.717) is 18.5 Å². The average molecular weight is 216 g/mol. The molecule has 0 aromatic rings. The van der Waals surface area contributed by atoms with Crippen molar-refractivity contribution >= 4 is 0 Å². The zero-order chi connectivity index (χ0) is 11.7. The number of nitrogens with one attached hydrogen (secondary N) is 1. The monoisotopic (exact) mass is 216 g/mol. The fourth-order valence-corrected chi connectivity index (χ4v) is 1.40. The third-order valence-corrected chi connectivity index (χ3v) is 2.15. The minimum absolute atomic E-state index is 0.354. The van der Waals surface area contributed by atoms with Gasteiger partial charge in [0.1, 0.15) is 0 Å². The van der Waals surface area contributed by atoms with Crippen molar-refractivity contribution in [1.82, 2.24) is 10.2 Å². The third kappa shape index (κ3) is 10.1. The van der Waals surface area contributed by atoms with E-state index in [2.05, 4.69) is 31.0 Å². The van der Waals surface area contributed by atoms with E-state index < -0.39 is 0 Å². The van der Waals surface area contributed by atoms with Crippen LogP contribution in [0.15, 0.2) is 0 Å². The SMILES string of the molecule is CC(C)(C)CNCCN(CCN)CCN. The zero-order valence-electron chi connectivity index (χ0n) is 10.6. The van der Waals surface area contributed by atoms with Crippen LogP contribution in [0, 0.1) is 5.41 Å². The van der Waals surface area contributed by atoms with Crippen LogP contribution in [0.3, 0.4) is 0 Å². The molecule has 0 atom stereocenters. The molecule has 0 aliphatic carbocycles. The maximum absolute atomic E-state index is 5.53. The summed E-state index contributed by atoms with van der Waals surface area (Å²) in [6, 6.07) is 0. The van der Waals surface area contributed by atoms with E-state index >= 15 is 0 Å². The Morgan fingerprint density at radius 2 is 1.53 bits per heavy atom. The number of rotatable bonds is 8. The Labute approximate surface area is 94.4 Å². The highest BCUT2D eigenvalue weighted by Crippen LogP contribution is 2.09. The Kier molecular flexibility index (Phi) is 7.96. The van der Waals surface area contributed by atoms with Gasteiger partial charge in [-0.05, 0) is 5.41 Å². The van der Waals surface area contributed by atoms with Crippen molar-refractivity contribution < 1.29 is 0 Å². The normalized spacial score (nSPS) is 12.4. The first-order valence-corrected chi connectivity index (χ1v) is 5.83. The van der Waals surface area contributed by atoms with E-state index in [-0.39, 0.29) is 0 Å². The van der Waals surface area contributed by atoms with Crippen LogP contribution in [-0.2, 0) is 0 Å². The lowest BCUT2D eigenvalue weighted by atomic mass is 9.97. The maximum atomic E-state index is 5.53. The van der Waals surface area contributed by atoms with E-state index in [1.807, 2.05) is 0 Å². The van der Waals surface area contributed by atoms with Gasteiger partial charge in [0.2, 0.25) is 0 Å². The summed E-state index contributed by atoms with van der Waals surface area (Å²) in [5.74, 6) is 0. The van der Waals surface area contributed by atoms with Crippen LogP contribution < -0.4 is 16.8 Å². The fraction of sp³-hybridized carbons (Fsp3) is 1.00. The Morgan fingerprint density at radius 3 is 1.93 bits per heavy atom. The summed E-state index contributed by atoms with van der Waals surface area (Å²) in [5.41, 5.74) is 11.4. The largest absolute Gasteiger partial charge is 0.329 e. The van der Waals surface area contributed by atoms with E-state index in [0.717, 1.165) is 32.7 Å². The molecule has 0 rings (SSSR count). The van der Waals surface area contributed by atoms with E-state index in [9.17, 15) is 0 Å². The van der Waals surface area contributed by atoms with E-state index in [4.69, 9.17) is 11.5 Å². The Hall–Kier alpha value is -0.160. The second-order valence-electron chi connectivity index (χ2n) is 5.16. The highest BCUT2D eigenvalue weighted by atomic mass is 15.1. The summed E-state index contributed by atoms with van der Waals surface area (Å²) in [6.07, 6.45) is 0. The average Bonchev–Trinajstić information content (AvgIpc) is 2.11. The topological polar surface area (TPSA) is 67.3 Å². The minimum atomic E-state index is 0.354. The first kappa shape index (κ1) is 14.8. The molecular weight excluding hydrogens is 188 g/mol. The highest BCUT2D eigenvalue weighted by molar-refractivity contribution is 4.66. The number of nitrogens with two attached hydrogens (primary N) is 2. The van der Waals surface area contributed by atoms with Gasteiger partial charge in [0.05, 0.1) is 0 Å². The van der Waals surface area contributed by atoms with E-state index in [1.165, 1.54) is 0 Å². The van der Waals surface area contributed by atoms with Crippen molar-refractivity contribution in [3.63, 3.8) is 0 Å². The van der Waals surface area contributed by atoms with Gasteiger partial charge in [-0.25, -0.2) is 0 Å². The van der Waals surface area contributed by atoms with Crippen LogP contribution in [0.2, 0.25) is 0 Å². The van der Waals surface area contributed by atoms with Gasteiger partial charge in [0.25, 0.3) is 0 Å². The second-order valence-corrected chi connectivity index (χ2v) is 5.16. The minimum Gasteiger partial charge on any atom is -0.329 e. The molecule has 5 N–H and O–H groups in total. The molecule has 0 aromatic heterocycles. The van der Waals surface area contributed by atoms with Crippen LogP contribution in [0.5, 0.6) is 0 Å². The van der Waals surface area contributed by atoms with E-state index in [1.54, 1.807) is 0 Å². The molecule has 0 aliphatic rings. The molecule has 92 valence electrons. The molecule has 0 bridgehead atoms. The van der Waals surface area contributed by atoms with Crippen molar-refractivity contribution in [1.29, 1.82) is 0 Å². The van der Waals surface area contributed by atoms with Crippen molar-refractivity contribution in [2.75, 3.05) is 45.8 Å². The predicted molar refractivity (Wildman–Crippen MR) is 66.9 cm³/mol. The molecule has 15 heavy (non-hydrogen) atoms. The summed E-state index contributed by atoms with van der Waals surface area (Å²) in [7, 11) is 0. The second kappa shape index (κ2) is 8.05. The lowest BCUT2D eigenvalue weighted by molar-refractivity contribution is 0.278. The van der Waals surface area contributed by atoms with Gasteiger partial charge in [-0.1, -0.05) is 20.8 Å². The van der Waals surface area contributed by atoms with Gasteiger partial charge in [0, 0.05) is 45.8 Å². The number of hydrogen-bond acceptors (Lipinski definition) is 4. The van der Waals surface area contributed by atoms with Gasteiger partial charge in [-0.3, -0.25) is 4.90 Å². The van der Waals surface area contributed by atoms with Crippen molar-refractivity contribution in [3.05, 3.63) is 0 Å². The molecule has 0 fully saturated rings. The molecule has 0 amide bonds. The van der Waals surface area contributed by atoms with Crippen molar-refractivity contribution in [2.45, 2.75) is 20.8 Å². The van der Waals surface area contributed by atoms with Gasteiger partial charge in [0.15, 0.2) is 0 Å². The fourth-order valence-electron chi connectivity index (χ4n) is 1.40. The van der Waals surface area contributed by atoms with Gasteiger partial charge < -0.3 is 16.8 Å². The van der Waals surface area contributed by atoms with Crippen LogP contribution in [0.25, 0.3) is 0 Å². The summed E-state index contributed by atoms with van der Waals surface area (Å²) in [4.78, 5) is 2.30. The molecule has 0 spiro atoms. The smallest absolute Gasteiger partial charge is 0.0108 e. The van der Waals surface area contributed by atoms with Crippen LogP contribution in [0.1, 0.15) is 20.8 Å². The van der Waals surface area contributed by atoms with Crippen LogP contribution in [0.4, 0.5) is 0 Å². The number of nitrogens with zero attached hydrogens (tertiary/aromatic N) is 1. The summed E-state index contributed by atoms with van der Waals surface area (Å²) in [5, 5.41) is 3.45. The Morgan fingerprint density at radius 1 is 1.00 bits per heavy atom. The van der Waals surface area contributed by atoms with Crippen LogP contribution in [-0.4, -0.2) is 50.7 Å². The van der Waals surface area contributed by atoms with Crippen molar-refractivity contribution in [2.24, 2.45) is 16.9 Å². The molecule has 0 unspecified atom stereocenters. The lowest BCUT2D eigenvalue weighted by Gasteiger charge is -2.23. The molecule has 0 radical (unpaired) electrons. The Bertz CT molecular complexity index is 136. The number of hydrogen-bond donors (Lipinski definition) is 3. The first-order chi connectivity index (χ1) is 6.99. The molecular formula is C11H28N4. The maximum Gasteiger partial charge on any atom is 0.0108 e. The first-order valence-electron chi connectivity index (χ1n) is 5.83. The standard InChI is InChI=1S/C11H28N4/c1-11(2,3)10-14-6-9-15(7-4-12)8-5-13/h14H,4-10,12-13H2,1-3H3. The lowest BCUT2D eigenvalue weighted by Crippen LogP contribution is -2.40. The molecule has 4 heteroatoms. The predicted octanol–water partition coefficient (Wildman–Crippen LogP) is -0.158. The van der Waals surface area contributed by atoms with Crippen LogP contribution >= 0.6 is 0 Å². The van der Waals surface area contributed by atoms with Crippen molar-refractivity contribution in [3.8, 4) is 0 Å². The van der Waals surface area contributed by atoms with Gasteiger partial charge in [-0.2, -0.15) is 0 Å².